The SMILES string of the molecule is O=C(Nc1ccc(C(=O)N2CSC[C@H]2C(=O)NCC(F)(F)F)s1)c1ccco1. The Labute approximate surface area is 165 Å². The maximum absolute atomic E-state index is 12.7. The lowest BCUT2D eigenvalue weighted by atomic mass is 10.2. The molecule has 1 atom stereocenters. The van der Waals surface area contributed by atoms with Crippen molar-refractivity contribution in [3.05, 3.63) is 41.2 Å². The molecular formula is C16H14F3N3O4S2. The topological polar surface area (TPSA) is 91.7 Å². The number of furan rings is 1. The summed E-state index contributed by atoms with van der Waals surface area (Å²) < 4.78 is 41.9. The first-order valence-corrected chi connectivity index (χ1v) is 9.89. The van der Waals surface area contributed by atoms with Crippen LogP contribution in [-0.4, -0.2) is 53.0 Å². The van der Waals surface area contributed by atoms with E-state index in [4.69, 9.17) is 4.42 Å². The summed E-state index contributed by atoms with van der Waals surface area (Å²) in [5.41, 5.74) is 0. The number of nitrogens with one attached hydrogen (secondary N) is 2. The smallest absolute Gasteiger partial charge is 0.405 e. The van der Waals surface area contributed by atoms with Gasteiger partial charge in [0.15, 0.2) is 5.76 Å². The first-order chi connectivity index (χ1) is 13.2. The standard InChI is InChI=1S/C16H14F3N3O4S2/c17-16(18,19)7-20-13(23)9-6-27-8-22(9)15(25)11-3-4-12(28-11)21-14(24)10-2-1-5-26-10/h1-5,9H,6-8H2,(H,20,23)(H,21,24)/t9-/m0/s1. The van der Waals surface area contributed by atoms with Crippen molar-refractivity contribution >= 4 is 45.8 Å². The van der Waals surface area contributed by atoms with Crippen LogP contribution in [0.4, 0.5) is 18.2 Å². The highest BCUT2D eigenvalue weighted by Crippen LogP contribution is 2.28. The van der Waals surface area contributed by atoms with E-state index < -0.39 is 36.5 Å². The van der Waals surface area contributed by atoms with Gasteiger partial charge in [-0.25, -0.2) is 0 Å². The van der Waals surface area contributed by atoms with E-state index in [0.717, 1.165) is 11.3 Å². The van der Waals surface area contributed by atoms with Crippen LogP contribution in [0, 0.1) is 0 Å². The van der Waals surface area contributed by atoms with Gasteiger partial charge < -0.3 is 20.0 Å². The van der Waals surface area contributed by atoms with Gasteiger partial charge in [0.05, 0.1) is 22.0 Å². The zero-order chi connectivity index (χ0) is 20.3. The largest absolute Gasteiger partial charge is 0.459 e. The summed E-state index contributed by atoms with van der Waals surface area (Å²) in [6.07, 6.45) is -3.17. The van der Waals surface area contributed by atoms with Crippen molar-refractivity contribution < 1.29 is 32.0 Å². The quantitative estimate of drug-likeness (QED) is 0.757. The fraction of sp³-hybridized carbons (Fsp3) is 0.312. The van der Waals surface area contributed by atoms with Gasteiger partial charge in [0.25, 0.3) is 11.8 Å². The predicted molar refractivity (Wildman–Crippen MR) is 97.3 cm³/mol. The molecule has 0 radical (unpaired) electrons. The monoisotopic (exact) mass is 433 g/mol. The summed E-state index contributed by atoms with van der Waals surface area (Å²) in [5, 5.41) is 4.80. The Balaban J connectivity index is 1.63. The van der Waals surface area contributed by atoms with Crippen LogP contribution < -0.4 is 10.6 Å². The molecule has 0 bridgehead atoms. The second-order valence-corrected chi connectivity index (χ2v) is 7.80. The molecule has 7 nitrogen and oxygen atoms in total. The molecule has 28 heavy (non-hydrogen) atoms. The van der Waals surface area contributed by atoms with Gasteiger partial charge in [-0.05, 0) is 24.3 Å². The number of thioether (sulfide) groups is 1. The Hall–Kier alpha value is -2.47. The van der Waals surface area contributed by atoms with Gasteiger partial charge in [0.2, 0.25) is 5.91 Å². The van der Waals surface area contributed by atoms with E-state index in [1.807, 2.05) is 5.32 Å². The first-order valence-electron chi connectivity index (χ1n) is 7.92. The number of rotatable bonds is 5. The van der Waals surface area contributed by atoms with Crippen molar-refractivity contribution in [2.45, 2.75) is 12.2 Å². The molecule has 12 heteroatoms. The molecule has 1 saturated heterocycles. The van der Waals surface area contributed by atoms with E-state index in [0.29, 0.717) is 5.00 Å². The van der Waals surface area contributed by atoms with Gasteiger partial charge in [0.1, 0.15) is 12.6 Å². The molecule has 3 heterocycles. The lowest BCUT2D eigenvalue weighted by Crippen LogP contribution is -2.49. The summed E-state index contributed by atoms with van der Waals surface area (Å²) in [6, 6.07) is 5.08. The number of thiophene rings is 1. The molecule has 0 aliphatic carbocycles. The van der Waals surface area contributed by atoms with E-state index in [1.54, 1.807) is 6.07 Å². The number of alkyl halides is 3. The van der Waals surface area contributed by atoms with Crippen LogP contribution in [0.3, 0.4) is 0 Å². The summed E-state index contributed by atoms with van der Waals surface area (Å²) in [7, 11) is 0. The predicted octanol–water partition coefficient (Wildman–Crippen LogP) is 2.79. The van der Waals surface area contributed by atoms with E-state index >= 15 is 0 Å². The number of amides is 3. The van der Waals surface area contributed by atoms with Crippen molar-refractivity contribution in [1.82, 2.24) is 10.2 Å². The third-order valence-corrected chi connectivity index (χ3v) is 5.71. The molecule has 0 saturated carbocycles. The van der Waals surface area contributed by atoms with Crippen molar-refractivity contribution in [2.75, 3.05) is 23.5 Å². The molecule has 0 aromatic carbocycles. The number of carbonyl (C=O) groups excluding carboxylic acids is 3. The van der Waals surface area contributed by atoms with Crippen LogP contribution in [0.25, 0.3) is 0 Å². The first kappa shape index (κ1) is 20.3. The highest BCUT2D eigenvalue weighted by molar-refractivity contribution is 7.99. The summed E-state index contributed by atoms with van der Waals surface area (Å²) in [5.74, 6) is -1.30. The van der Waals surface area contributed by atoms with E-state index in [1.165, 1.54) is 41.1 Å². The second kappa shape index (κ2) is 8.27. The molecule has 1 aliphatic heterocycles. The van der Waals surface area contributed by atoms with E-state index in [2.05, 4.69) is 5.32 Å². The van der Waals surface area contributed by atoms with Crippen molar-refractivity contribution in [1.29, 1.82) is 0 Å². The fourth-order valence-corrected chi connectivity index (χ4v) is 4.42. The zero-order valence-electron chi connectivity index (χ0n) is 14.1. The van der Waals surface area contributed by atoms with E-state index in [-0.39, 0.29) is 22.3 Å². The molecule has 150 valence electrons. The molecule has 3 rings (SSSR count). The average molecular weight is 433 g/mol. The maximum Gasteiger partial charge on any atom is 0.405 e. The highest BCUT2D eigenvalue weighted by Gasteiger charge is 2.37. The minimum Gasteiger partial charge on any atom is -0.459 e. The third-order valence-electron chi connectivity index (χ3n) is 3.71. The molecule has 3 amide bonds. The van der Waals surface area contributed by atoms with Gasteiger partial charge in [-0.2, -0.15) is 13.2 Å². The second-order valence-electron chi connectivity index (χ2n) is 5.72. The Bertz CT molecular complexity index is 867. The van der Waals surface area contributed by atoms with E-state index in [9.17, 15) is 27.6 Å². The average Bonchev–Trinajstić information content (AvgIpc) is 3.39. The number of hydrogen-bond acceptors (Lipinski definition) is 6. The molecule has 0 spiro atoms. The summed E-state index contributed by atoms with van der Waals surface area (Å²) in [6.45, 7) is -1.45. The van der Waals surface area contributed by atoms with Crippen molar-refractivity contribution in [2.24, 2.45) is 0 Å². The van der Waals surface area contributed by atoms with Crippen LogP contribution in [-0.2, 0) is 4.79 Å². The lowest BCUT2D eigenvalue weighted by Gasteiger charge is -2.22. The minimum atomic E-state index is -4.52. The third kappa shape index (κ3) is 4.87. The Morgan fingerprint density at radius 2 is 2.04 bits per heavy atom. The molecule has 2 N–H and O–H groups in total. The van der Waals surface area contributed by atoms with Crippen LogP contribution >= 0.6 is 23.1 Å². The van der Waals surface area contributed by atoms with Crippen molar-refractivity contribution in [3.8, 4) is 0 Å². The van der Waals surface area contributed by atoms with Crippen LogP contribution in [0.15, 0.2) is 34.9 Å². The van der Waals surface area contributed by atoms with Crippen LogP contribution in [0.5, 0.6) is 0 Å². The van der Waals surface area contributed by atoms with Gasteiger partial charge >= 0.3 is 6.18 Å². The molecule has 2 aromatic heterocycles. The lowest BCUT2D eigenvalue weighted by molar-refractivity contribution is -0.140. The highest BCUT2D eigenvalue weighted by atomic mass is 32.2. The van der Waals surface area contributed by atoms with Crippen LogP contribution in [0.1, 0.15) is 20.2 Å². The van der Waals surface area contributed by atoms with Gasteiger partial charge in [-0.3, -0.25) is 14.4 Å². The zero-order valence-corrected chi connectivity index (χ0v) is 15.7. The molecular weight excluding hydrogens is 419 g/mol. The van der Waals surface area contributed by atoms with Crippen LogP contribution in [0.2, 0.25) is 0 Å². The summed E-state index contributed by atoms with van der Waals surface area (Å²) >= 11 is 2.28. The molecule has 1 aliphatic rings. The molecule has 0 unspecified atom stereocenters. The van der Waals surface area contributed by atoms with Gasteiger partial charge in [-0.15, -0.1) is 23.1 Å². The number of hydrogen-bond donors (Lipinski definition) is 2. The van der Waals surface area contributed by atoms with Crippen molar-refractivity contribution in [3.63, 3.8) is 0 Å². The number of nitrogens with zero attached hydrogens (tertiary/aromatic N) is 1. The number of anilines is 1. The van der Waals surface area contributed by atoms with Gasteiger partial charge in [-0.1, -0.05) is 0 Å². The fourth-order valence-electron chi connectivity index (χ4n) is 2.41. The molecule has 2 aromatic rings. The number of carbonyl (C=O) groups is 3. The molecule has 1 fully saturated rings. The Morgan fingerprint density at radius 1 is 1.25 bits per heavy atom. The Morgan fingerprint density at radius 3 is 2.71 bits per heavy atom. The van der Waals surface area contributed by atoms with Gasteiger partial charge in [0, 0.05) is 5.75 Å². The normalized spacial score (nSPS) is 16.8. The maximum atomic E-state index is 12.7. The Kier molecular flexibility index (Phi) is 5.98. The minimum absolute atomic E-state index is 0.110. The number of halogens is 3. The summed E-state index contributed by atoms with van der Waals surface area (Å²) in [4.78, 5) is 38.2.